The number of anilines is 1. The minimum Gasteiger partial charge on any atom is -0.348 e. The van der Waals surface area contributed by atoms with Crippen molar-refractivity contribution < 1.29 is 8.78 Å². The van der Waals surface area contributed by atoms with Gasteiger partial charge in [0.2, 0.25) is 0 Å². The fraction of sp³-hybridized carbons (Fsp3) is 0.583. The predicted octanol–water partition coefficient (Wildman–Crippen LogP) is 2.40. The summed E-state index contributed by atoms with van der Waals surface area (Å²) in [6.07, 6.45) is -1.80. The maximum Gasteiger partial charge on any atom is 0.281 e. The van der Waals surface area contributed by atoms with Gasteiger partial charge in [-0.15, -0.1) is 0 Å². The van der Waals surface area contributed by atoms with E-state index in [0.29, 0.717) is 11.9 Å². The normalized spacial score (nSPS) is 26.4. The van der Waals surface area contributed by atoms with E-state index in [1.165, 1.54) is 0 Å². The van der Waals surface area contributed by atoms with Gasteiger partial charge in [-0.1, -0.05) is 11.6 Å². The molecule has 0 saturated carbocycles. The van der Waals surface area contributed by atoms with Crippen LogP contribution in [0.1, 0.15) is 24.6 Å². The van der Waals surface area contributed by atoms with Gasteiger partial charge in [-0.2, -0.15) is 0 Å². The van der Waals surface area contributed by atoms with Crippen molar-refractivity contribution in [3.05, 3.63) is 22.3 Å². The van der Waals surface area contributed by atoms with Crippen LogP contribution < -0.4 is 10.2 Å². The molecule has 0 spiro atoms. The van der Waals surface area contributed by atoms with Crippen molar-refractivity contribution in [1.82, 2.24) is 10.3 Å². The molecule has 1 aromatic rings. The van der Waals surface area contributed by atoms with Crippen LogP contribution in [0.25, 0.3) is 0 Å². The van der Waals surface area contributed by atoms with Crippen LogP contribution in [-0.2, 0) is 6.42 Å². The van der Waals surface area contributed by atoms with Crippen molar-refractivity contribution in [1.29, 1.82) is 0 Å². The van der Waals surface area contributed by atoms with E-state index in [1.54, 1.807) is 6.07 Å². The number of piperazine rings is 1. The molecule has 0 unspecified atom stereocenters. The summed E-state index contributed by atoms with van der Waals surface area (Å²) in [5.74, 6) is 0.689. The van der Waals surface area contributed by atoms with Gasteiger partial charge in [0.1, 0.15) is 11.5 Å². The van der Waals surface area contributed by atoms with E-state index >= 15 is 0 Å². The average Bonchev–Trinajstić information content (AvgIpc) is 2.65. The Hall–Kier alpha value is -0.940. The van der Waals surface area contributed by atoms with Crippen LogP contribution in [0.4, 0.5) is 14.6 Å². The second kappa shape index (κ2) is 4.31. The highest BCUT2D eigenvalue weighted by Gasteiger charge is 2.37. The Bertz CT molecular complexity index is 481. The topological polar surface area (TPSA) is 28.2 Å². The van der Waals surface area contributed by atoms with E-state index in [0.717, 1.165) is 25.1 Å². The second-order valence-corrected chi connectivity index (χ2v) is 5.32. The molecule has 0 radical (unpaired) electrons. The Kier molecular flexibility index (Phi) is 2.90. The monoisotopic (exact) mass is 273 g/mol. The summed E-state index contributed by atoms with van der Waals surface area (Å²) in [7, 11) is 0. The van der Waals surface area contributed by atoms with E-state index in [4.69, 9.17) is 11.6 Å². The molecule has 1 N–H and O–H groups in total. The number of pyridine rings is 1. The molecule has 1 saturated heterocycles. The standard InChI is InChI=1S/C12H14ClF2N3/c1-6-4-16-5-8-2-7-3-9(13)10(11(14)15)17-12(7)18(6)8/h3,6,8,11,16H,2,4-5H2,1H3/t6-,8-/m1/s1. The first-order chi connectivity index (χ1) is 8.58. The summed E-state index contributed by atoms with van der Waals surface area (Å²) >= 11 is 5.86. The van der Waals surface area contributed by atoms with Gasteiger partial charge >= 0.3 is 0 Å². The van der Waals surface area contributed by atoms with E-state index in [1.807, 2.05) is 0 Å². The van der Waals surface area contributed by atoms with E-state index in [2.05, 4.69) is 22.1 Å². The van der Waals surface area contributed by atoms with Gasteiger partial charge in [0.25, 0.3) is 6.43 Å². The second-order valence-electron chi connectivity index (χ2n) is 4.91. The van der Waals surface area contributed by atoms with Gasteiger partial charge in [0, 0.05) is 25.2 Å². The lowest BCUT2D eigenvalue weighted by molar-refractivity contribution is 0.146. The molecule has 1 aromatic heterocycles. The molecule has 0 aliphatic carbocycles. The van der Waals surface area contributed by atoms with Crippen LogP contribution in [0, 0.1) is 0 Å². The molecule has 0 amide bonds. The minimum atomic E-state index is -2.62. The zero-order chi connectivity index (χ0) is 12.9. The third-order valence-electron chi connectivity index (χ3n) is 3.65. The highest BCUT2D eigenvalue weighted by Crippen LogP contribution is 2.38. The van der Waals surface area contributed by atoms with Crippen LogP contribution in [-0.4, -0.2) is 30.2 Å². The zero-order valence-corrected chi connectivity index (χ0v) is 10.7. The fourth-order valence-electron chi connectivity index (χ4n) is 2.88. The van der Waals surface area contributed by atoms with Crippen LogP contribution in [0.15, 0.2) is 6.07 Å². The summed E-state index contributed by atoms with van der Waals surface area (Å²) in [6.45, 7) is 3.79. The lowest BCUT2D eigenvalue weighted by Crippen LogP contribution is -2.55. The number of fused-ring (bicyclic) bond motifs is 3. The first-order valence-corrected chi connectivity index (χ1v) is 6.42. The molecule has 2 aliphatic heterocycles. The van der Waals surface area contributed by atoms with Crippen molar-refractivity contribution in [2.24, 2.45) is 0 Å². The summed E-state index contributed by atoms with van der Waals surface area (Å²) in [5.41, 5.74) is 0.673. The van der Waals surface area contributed by atoms with Crippen LogP contribution in [0.3, 0.4) is 0 Å². The lowest BCUT2D eigenvalue weighted by Gasteiger charge is -2.37. The summed E-state index contributed by atoms with van der Waals surface area (Å²) in [6, 6.07) is 2.22. The van der Waals surface area contributed by atoms with E-state index in [-0.39, 0.29) is 16.8 Å². The molecule has 1 fully saturated rings. The smallest absolute Gasteiger partial charge is 0.281 e. The molecule has 3 nitrogen and oxygen atoms in total. The van der Waals surface area contributed by atoms with E-state index < -0.39 is 6.43 Å². The predicted molar refractivity (Wildman–Crippen MR) is 66.5 cm³/mol. The molecular formula is C12H14ClF2N3. The number of alkyl halides is 2. The fourth-order valence-corrected chi connectivity index (χ4v) is 3.14. The molecule has 98 valence electrons. The molecule has 3 heterocycles. The first-order valence-electron chi connectivity index (χ1n) is 6.04. The number of nitrogens with one attached hydrogen (secondary N) is 1. The first kappa shape index (κ1) is 12.1. The van der Waals surface area contributed by atoms with Crippen molar-refractivity contribution in [3.63, 3.8) is 0 Å². The van der Waals surface area contributed by atoms with Crippen molar-refractivity contribution in [2.45, 2.75) is 31.9 Å². The Morgan fingerprint density at radius 1 is 1.50 bits per heavy atom. The molecule has 18 heavy (non-hydrogen) atoms. The maximum absolute atomic E-state index is 12.8. The minimum absolute atomic E-state index is 0.0733. The van der Waals surface area contributed by atoms with Gasteiger partial charge < -0.3 is 10.2 Å². The molecular weight excluding hydrogens is 260 g/mol. The average molecular weight is 274 g/mol. The van der Waals surface area contributed by atoms with Crippen LogP contribution in [0.2, 0.25) is 5.02 Å². The number of hydrogen-bond donors (Lipinski definition) is 1. The summed E-state index contributed by atoms with van der Waals surface area (Å²) in [4.78, 5) is 6.25. The van der Waals surface area contributed by atoms with Crippen molar-refractivity contribution >= 4 is 17.4 Å². The van der Waals surface area contributed by atoms with Crippen LogP contribution in [0.5, 0.6) is 0 Å². The van der Waals surface area contributed by atoms with Gasteiger partial charge in [0.05, 0.1) is 5.02 Å². The molecule has 2 atom stereocenters. The highest BCUT2D eigenvalue weighted by molar-refractivity contribution is 6.31. The maximum atomic E-state index is 12.8. The highest BCUT2D eigenvalue weighted by atomic mass is 35.5. The van der Waals surface area contributed by atoms with Crippen molar-refractivity contribution in [2.75, 3.05) is 18.0 Å². The van der Waals surface area contributed by atoms with Crippen molar-refractivity contribution in [3.8, 4) is 0 Å². The molecule has 0 bridgehead atoms. The number of nitrogens with zero attached hydrogens (tertiary/aromatic N) is 2. The largest absolute Gasteiger partial charge is 0.348 e. The Labute approximate surface area is 109 Å². The van der Waals surface area contributed by atoms with Gasteiger partial charge in [-0.3, -0.25) is 0 Å². The number of aromatic nitrogens is 1. The van der Waals surface area contributed by atoms with E-state index in [9.17, 15) is 8.78 Å². The Balaban J connectivity index is 2.06. The Morgan fingerprint density at radius 2 is 2.28 bits per heavy atom. The third kappa shape index (κ3) is 1.77. The molecule has 2 aliphatic rings. The Morgan fingerprint density at radius 3 is 3.00 bits per heavy atom. The van der Waals surface area contributed by atoms with Gasteiger partial charge in [-0.25, -0.2) is 13.8 Å². The zero-order valence-electron chi connectivity index (χ0n) is 9.96. The van der Waals surface area contributed by atoms with Gasteiger partial charge in [-0.05, 0) is 25.0 Å². The number of rotatable bonds is 1. The van der Waals surface area contributed by atoms with Crippen LogP contribution >= 0.6 is 11.6 Å². The third-order valence-corrected chi connectivity index (χ3v) is 3.96. The summed E-state index contributed by atoms with van der Waals surface area (Å²) in [5, 5.41) is 3.42. The SMILES string of the molecule is C[C@@H]1CNC[C@H]2Cc3cc(Cl)c(C(F)F)nc3N21. The summed E-state index contributed by atoms with van der Waals surface area (Å²) < 4.78 is 25.7. The molecule has 0 aromatic carbocycles. The molecule has 3 rings (SSSR count). The number of halogens is 3. The quantitative estimate of drug-likeness (QED) is 0.852. The molecule has 6 heteroatoms. The number of hydrogen-bond acceptors (Lipinski definition) is 3. The lowest BCUT2D eigenvalue weighted by atomic mass is 10.1. The van der Waals surface area contributed by atoms with Gasteiger partial charge in [0.15, 0.2) is 0 Å².